The number of hydrogen-bond donors (Lipinski definition) is 2. The minimum absolute atomic E-state index is 0.167. The van der Waals surface area contributed by atoms with Crippen molar-refractivity contribution in [3.63, 3.8) is 0 Å². The average Bonchev–Trinajstić information content (AvgIpc) is 3.09. The van der Waals surface area contributed by atoms with Crippen LogP contribution in [-0.2, 0) is 0 Å². The van der Waals surface area contributed by atoms with Crippen LogP contribution in [0.5, 0.6) is 17.5 Å². The number of halogens is 1. The van der Waals surface area contributed by atoms with E-state index in [1.54, 1.807) is 32.2 Å². The number of aromatic amines is 1. The third-order valence-electron chi connectivity index (χ3n) is 4.40. The quantitative estimate of drug-likeness (QED) is 0.476. The molecular formula is C21H16ClN3O4. The Bertz CT molecular complexity index is 1240. The first-order valence-electron chi connectivity index (χ1n) is 8.67. The number of ether oxygens (including phenoxy) is 2. The van der Waals surface area contributed by atoms with Crippen molar-refractivity contribution in [1.29, 1.82) is 0 Å². The lowest BCUT2D eigenvalue weighted by Gasteiger charge is -2.05. The largest absolute Gasteiger partial charge is 0.497 e. The average molecular weight is 410 g/mol. The van der Waals surface area contributed by atoms with Gasteiger partial charge in [-0.2, -0.15) is 4.98 Å². The van der Waals surface area contributed by atoms with Crippen LogP contribution < -0.4 is 9.47 Å². The van der Waals surface area contributed by atoms with Crippen LogP contribution in [0.25, 0.3) is 22.4 Å². The monoisotopic (exact) mass is 409 g/mol. The summed E-state index contributed by atoms with van der Waals surface area (Å²) in [6.07, 6.45) is 0. The molecule has 0 aliphatic rings. The number of fused-ring (bicyclic) bond motifs is 1. The fraction of sp³-hybridized carbons (Fsp3) is 0.0952. The molecule has 0 bridgehead atoms. The number of pyridine rings is 1. The van der Waals surface area contributed by atoms with Gasteiger partial charge < -0.3 is 19.6 Å². The lowest BCUT2D eigenvalue weighted by Crippen LogP contribution is -2.00. The Morgan fingerprint density at radius 3 is 2.69 bits per heavy atom. The molecule has 8 heteroatoms. The van der Waals surface area contributed by atoms with Gasteiger partial charge in [0.1, 0.15) is 11.5 Å². The zero-order valence-corrected chi connectivity index (χ0v) is 16.3. The maximum Gasteiger partial charge on any atom is 0.336 e. The zero-order chi connectivity index (χ0) is 20.5. The van der Waals surface area contributed by atoms with Crippen LogP contribution in [0.15, 0.2) is 48.5 Å². The maximum absolute atomic E-state index is 11.3. The van der Waals surface area contributed by atoms with Gasteiger partial charge in [-0.3, -0.25) is 0 Å². The fourth-order valence-electron chi connectivity index (χ4n) is 2.92. The molecule has 29 heavy (non-hydrogen) atoms. The highest BCUT2D eigenvalue weighted by molar-refractivity contribution is 6.33. The number of aromatic nitrogens is 3. The summed E-state index contributed by atoms with van der Waals surface area (Å²) in [7, 11) is 1.59. The summed E-state index contributed by atoms with van der Waals surface area (Å²) in [5.41, 5.74) is 3.20. The summed E-state index contributed by atoms with van der Waals surface area (Å²) in [4.78, 5) is 23.2. The third kappa shape index (κ3) is 3.72. The number of aryl methyl sites for hydroxylation is 1. The lowest BCUT2D eigenvalue weighted by atomic mass is 10.1. The van der Waals surface area contributed by atoms with Gasteiger partial charge in [-0.25, -0.2) is 9.78 Å². The number of hydrogen-bond acceptors (Lipinski definition) is 5. The maximum atomic E-state index is 11.3. The molecule has 0 fully saturated rings. The first kappa shape index (κ1) is 18.8. The second-order valence-corrected chi connectivity index (χ2v) is 6.76. The smallest absolute Gasteiger partial charge is 0.336 e. The number of carboxylic acids is 1. The Labute approximate surface area is 170 Å². The summed E-state index contributed by atoms with van der Waals surface area (Å²) in [5.74, 6) is 0.0280. The molecule has 0 atom stereocenters. The number of rotatable bonds is 5. The number of aromatic carboxylic acids is 1. The summed E-state index contributed by atoms with van der Waals surface area (Å²) in [5, 5.41) is 9.71. The number of carboxylic acid groups (broad SMARTS) is 1. The molecule has 2 aromatic carbocycles. The molecule has 0 saturated carbocycles. The van der Waals surface area contributed by atoms with Crippen molar-refractivity contribution in [2.45, 2.75) is 6.92 Å². The highest BCUT2D eigenvalue weighted by Crippen LogP contribution is 2.32. The number of nitrogens with one attached hydrogen (secondary N) is 1. The van der Waals surface area contributed by atoms with Gasteiger partial charge in [0.2, 0.25) is 0 Å². The van der Waals surface area contributed by atoms with E-state index in [1.807, 2.05) is 24.3 Å². The van der Waals surface area contributed by atoms with E-state index in [0.29, 0.717) is 38.9 Å². The van der Waals surface area contributed by atoms with E-state index in [0.717, 1.165) is 5.56 Å². The van der Waals surface area contributed by atoms with E-state index in [9.17, 15) is 9.90 Å². The molecule has 2 N–H and O–H groups in total. The minimum atomic E-state index is -1.02. The van der Waals surface area contributed by atoms with E-state index in [1.165, 1.54) is 6.07 Å². The van der Waals surface area contributed by atoms with Crippen LogP contribution in [0, 0.1) is 6.92 Å². The summed E-state index contributed by atoms with van der Waals surface area (Å²) in [6, 6.07) is 14.1. The molecule has 7 nitrogen and oxygen atoms in total. The van der Waals surface area contributed by atoms with Crippen LogP contribution >= 0.6 is 11.6 Å². The van der Waals surface area contributed by atoms with Gasteiger partial charge in [-0.15, -0.1) is 0 Å². The van der Waals surface area contributed by atoms with Gasteiger partial charge in [0, 0.05) is 5.56 Å². The Hall–Kier alpha value is -3.58. The van der Waals surface area contributed by atoms with E-state index >= 15 is 0 Å². The van der Waals surface area contributed by atoms with Crippen molar-refractivity contribution in [2.75, 3.05) is 7.11 Å². The number of imidazole rings is 1. The van der Waals surface area contributed by atoms with E-state index in [4.69, 9.17) is 21.1 Å². The molecule has 146 valence electrons. The third-order valence-corrected chi connectivity index (χ3v) is 4.69. The summed E-state index contributed by atoms with van der Waals surface area (Å²) in [6.45, 7) is 1.72. The van der Waals surface area contributed by atoms with E-state index < -0.39 is 5.97 Å². The predicted octanol–water partition coefficient (Wildman–Crippen LogP) is 5.09. The Morgan fingerprint density at radius 1 is 1.10 bits per heavy atom. The normalized spacial score (nSPS) is 10.9. The minimum Gasteiger partial charge on any atom is -0.497 e. The molecule has 2 heterocycles. The van der Waals surface area contributed by atoms with E-state index in [2.05, 4.69) is 15.0 Å². The molecule has 4 aromatic rings. The van der Waals surface area contributed by atoms with Gasteiger partial charge >= 0.3 is 12.0 Å². The van der Waals surface area contributed by atoms with Gasteiger partial charge in [0.15, 0.2) is 5.65 Å². The van der Waals surface area contributed by atoms with Crippen molar-refractivity contribution >= 4 is 28.7 Å². The number of carbonyl (C=O) groups is 1. The second kappa shape index (κ2) is 7.44. The highest BCUT2D eigenvalue weighted by Gasteiger charge is 2.14. The predicted molar refractivity (Wildman–Crippen MR) is 109 cm³/mol. The molecule has 0 unspecified atom stereocenters. The molecule has 0 saturated heterocycles. The number of methoxy groups -OCH3 is 1. The van der Waals surface area contributed by atoms with Gasteiger partial charge in [0.05, 0.1) is 28.9 Å². The first-order valence-corrected chi connectivity index (χ1v) is 9.05. The standard InChI is InChI=1S/C21H16ClN3O4/c1-11-6-7-14(9-15(11)20(26)27)29-21-23-17-10-16(22)18(24-19(17)25-21)12-4-3-5-13(8-12)28-2/h3-10H,1-2H3,(H,26,27)(H,23,24,25). The topological polar surface area (TPSA) is 97.3 Å². The first-order chi connectivity index (χ1) is 13.9. The molecule has 0 aliphatic heterocycles. The molecule has 2 aromatic heterocycles. The van der Waals surface area contributed by atoms with Crippen LogP contribution in [0.1, 0.15) is 15.9 Å². The van der Waals surface area contributed by atoms with Gasteiger partial charge in [-0.05, 0) is 42.8 Å². The molecule has 0 spiro atoms. The van der Waals surface area contributed by atoms with Crippen molar-refractivity contribution in [2.24, 2.45) is 0 Å². The van der Waals surface area contributed by atoms with Crippen LogP contribution in [0.2, 0.25) is 5.02 Å². The van der Waals surface area contributed by atoms with Crippen LogP contribution in [-0.4, -0.2) is 33.1 Å². The van der Waals surface area contributed by atoms with Crippen molar-refractivity contribution in [1.82, 2.24) is 15.0 Å². The molecule has 0 radical (unpaired) electrons. The van der Waals surface area contributed by atoms with Crippen molar-refractivity contribution < 1.29 is 19.4 Å². The Kier molecular flexibility index (Phi) is 4.82. The Morgan fingerprint density at radius 2 is 1.93 bits per heavy atom. The summed E-state index contributed by atoms with van der Waals surface area (Å²) >= 11 is 6.42. The van der Waals surface area contributed by atoms with Gasteiger partial charge in [-0.1, -0.05) is 29.8 Å². The number of nitrogens with zero attached hydrogens (tertiary/aromatic N) is 2. The number of benzene rings is 2. The van der Waals surface area contributed by atoms with E-state index in [-0.39, 0.29) is 11.6 Å². The van der Waals surface area contributed by atoms with Crippen molar-refractivity contribution in [3.05, 3.63) is 64.7 Å². The zero-order valence-electron chi connectivity index (χ0n) is 15.6. The van der Waals surface area contributed by atoms with Gasteiger partial charge in [0.25, 0.3) is 0 Å². The number of H-pyrrole nitrogens is 1. The summed E-state index contributed by atoms with van der Waals surface area (Å²) < 4.78 is 11.0. The molecular weight excluding hydrogens is 394 g/mol. The SMILES string of the molecule is COc1cccc(-c2nc3nc(Oc4ccc(C)c(C(=O)O)c4)[nH]c3cc2Cl)c1. The van der Waals surface area contributed by atoms with Crippen molar-refractivity contribution in [3.8, 4) is 28.8 Å². The van der Waals surface area contributed by atoms with Crippen LogP contribution in [0.3, 0.4) is 0 Å². The highest BCUT2D eigenvalue weighted by atomic mass is 35.5. The molecule has 0 amide bonds. The molecule has 0 aliphatic carbocycles. The fourth-order valence-corrected chi connectivity index (χ4v) is 3.18. The lowest BCUT2D eigenvalue weighted by molar-refractivity contribution is 0.0695. The molecule has 4 rings (SSSR count). The second-order valence-electron chi connectivity index (χ2n) is 6.35. The Balaban J connectivity index is 1.70. The van der Waals surface area contributed by atoms with Crippen LogP contribution in [0.4, 0.5) is 0 Å².